The first-order valence-electron chi connectivity index (χ1n) is 12.2. The zero-order valence-corrected chi connectivity index (χ0v) is 24.4. The van der Waals surface area contributed by atoms with E-state index in [2.05, 4.69) is 67.7 Å². The molecule has 0 aromatic rings. The molecule has 0 aromatic carbocycles. The highest BCUT2D eigenvalue weighted by molar-refractivity contribution is 6.74. The van der Waals surface area contributed by atoms with E-state index in [0.717, 1.165) is 25.7 Å². The summed E-state index contributed by atoms with van der Waals surface area (Å²) < 4.78 is 13.0. The number of likely N-dealkylation sites (tertiary alicyclic amines) is 1. The lowest BCUT2D eigenvalue weighted by Crippen LogP contribution is -2.70. The smallest absolute Gasteiger partial charge is 0.242 e. The summed E-state index contributed by atoms with van der Waals surface area (Å²) in [7, 11) is -3.90. The van der Waals surface area contributed by atoms with Crippen molar-refractivity contribution in [3.05, 3.63) is 0 Å². The molecule has 32 heavy (non-hydrogen) atoms. The van der Waals surface area contributed by atoms with Crippen LogP contribution in [0.15, 0.2) is 0 Å². The van der Waals surface area contributed by atoms with E-state index in [1.165, 1.54) is 0 Å². The first-order valence-corrected chi connectivity index (χ1v) is 18.0. The number of nitrogens with zero attached hydrogens (tertiary/aromatic N) is 1. The summed E-state index contributed by atoms with van der Waals surface area (Å²) in [6, 6.07) is -0.705. The van der Waals surface area contributed by atoms with Gasteiger partial charge in [-0.2, -0.15) is 0 Å². The SMILES string of the molecule is C[C@@H](O[Si](C)(C)C(C)(C)C)C(C(N)=O)N1CC2(CCC(O[Si](C)(C)C(C)(C)C)CC2)C1=O. The standard InChI is InChI=1S/C24H48N2O4Si2/c1-17(29-31(8,9)22(2,3)4)19(20(25)27)26-16-24(21(26)28)14-12-18(13-15-24)30-32(10,11)23(5,6)7/h17-19H,12-16H2,1-11H3,(H2,25,27)/t17-,18?,19?,24?/m1/s1. The number of hydrogen-bond acceptors (Lipinski definition) is 4. The van der Waals surface area contributed by atoms with Crippen molar-refractivity contribution in [3.63, 3.8) is 0 Å². The van der Waals surface area contributed by atoms with Crippen LogP contribution < -0.4 is 5.73 Å². The summed E-state index contributed by atoms with van der Waals surface area (Å²) in [6.07, 6.45) is 3.28. The zero-order valence-electron chi connectivity index (χ0n) is 22.4. The number of β-lactam (4-membered cyclic amide) rings is 1. The molecule has 2 aliphatic rings. The fourth-order valence-corrected chi connectivity index (χ4v) is 7.31. The number of carbonyl (C=O) groups is 2. The van der Waals surface area contributed by atoms with Crippen LogP contribution in [0, 0.1) is 5.41 Å². The van der Waals surface area contributed by atoms with E-state index in [-0.39, 0.29) is 27.5 Å². The van der Waals surface area contributed by atoms with Crippen molar-refractivity contribution in [2.75, 3.05) is 6.54 Å². The quantitative estimate of drug-likeness (QED) is 0.405. The van der Waals surface area contributed by atoms with E-state index in [1.54, 1.807) is 4.90 Å². The second kappa shape index (κ2) is 8.82. The minimum atomic E-state index is -2.09. The molecule has 1 aliphatic carbocycles. The highest BCUT2D eigenvalue weighted by atomic mass is 28.4. The highest BCUT2D eigenvalue weighted by Crippen LogP contribution is 2.48. The maximum Gasteiger partial charge on any atom is 0.242 e. The molecule has 8 heteroatoms. The van der Waals surface area contributed by atoms with Crippen LogP contribution in [-0.2, 0) is 18.4 Å². The van der Waals surface area contributed by atoms with Gasteiger partial charge >= 0.3 is 0 Å². The van der Waals surface area contributed by atoms with Gasteiger partial charge in [0.25, 0.3) is 0 Å². The second-order valence-corrected chi connectivity index (χ2v) is 22.7. The summed E-state index contributed by atoms with van der Waals surface area (Å²) in [4.78, 5) is 27.4. The Kier molecular flexibility index (Phi) is 7.59. The van der Waals surface area contributed by atoms with Gasteiger partial charge in [-0.15, -0.1) is 0 Å². The number of nitrogens with two attached hydrogens (primary N) is 1. The number of carbonyl (C=O) groups excluding carboxylic acids is 2. The van der Waals surface area contributed by atoms with Gasteiger partial charge in [-0.05, 0) is 68.9 Å². The molecule has 0 aromatic heterocycles. The lowest BCUT2D eigenvalue weighted by atomic mass is 9.66. The molecule has 2 amide bonds. The van der Waals surface area contributed by atoms with Gasteiger partial charge in [0.15, 0.2) is 16.6 Å². The molecule has 6 nitrogen and oxygen atoms in total. The van der Waals surface area contributed by atoms with Gasteiger partial charge in [0.2, 0.25) is 11.8 Å². The van der Waals surface area contributed by atoms with E-state index in [1.807, 2.05) is 6.92 Å². The van der Waals surface area contributed by atoms with Crippen LogP contribution in [0.5, 0.6) is 0 Å². The van der Waals surface area contributed by atoms with Crippen LogP contribution in [0.1, 0.15) is 74.1 Å². The molecule has 2 rings (SSSR count). The Hall–Kier alpha value is -0.706. The van der Waals surface area contributed by atoms with Crippen LogP contribution in [0.3, 0.4) is 0 Å². The maximum atomic E-state index is 13.3. The average molecular weight is 485 g/mol. The van der Waals surface area contributed by atoms with Crippen molar-refractivity contribution in [1.82, 2.24) is 4.90 Å². The Morgan fingerprint density at radius 3 is 1.88 bits per heavy atom. The van der Waals surface area contributed by atoms with Crippen LogP contribution in [0.25, 0.3) is 0 Å². The van der Waals surface area contributed by atoms with E-state index < -0.39 is 34.7 Å². The Labute approximate surface area is 198 Å². The van der Waals surface area contributed by atoms with E-state index >= 15 is 0 Å². The first-order chi connectivity index (χ1) is 14.2. The van der Waals surface area contributed by atoms with Gasteiger partial charge in [0.1, 0.15) is 6.04 Å². The second-order valence-electron chi connectivity index (χ2n) is 13.2. The largest absolute Gasteiger partial charge is 0.414 e. The molecule has 1 unspecified atom stereocenters. The lowest BCUT2D eigenvalue weighted by Gasteiger charge is -2.55. The summed E-state index contributed by atoms with van der Waals surface area (Å²) >= 11 is 0. The van der Waals surface area contributed by atoms with Crippen molar-refractivity contribution in [1.29, 1.82) is 0 Å². The number of rotatable bonds is 7. The fraction of sp³-hybridized carbons (Fsp3) is 0.917. The Bertz CT molecular complexity index is 716. The topological polar surface area (TPSA) is 81.9 Å². The summed E-state index contributed by atoms with van der Waals surface area (Å²) in [5.41, 5.74) is 5.43. The molecule has 1 heterocycles. The monoisotopic (exact) mass is 484 g/mol. The molecule has 1 aliphatic heterocycles. The van der Waals surface area contributed by atoms with Gasteiger partial charge in [0, 0.05) is 12.6 Å². The predicted octanol–water partition coefficient (Wildman–Crippen LogP) is 5.04. The molecule has 1 saturated heterocycles. The van der Waals surface area contributed by atoms with Crippen molar-refractivity contribution < 1.29 is 18.4 Å². The molecule has 0 bridgehead atoms. The summed E-state index contributed by atoms with van der Waals surface area (Å²) in [5, 5.41) is 0.201. The van der Waals surface area contributed by atoms with Crippen LogP contribution >= 0.6 is 0 Å². The van der Waals surface area contributed by atoms with Crippen molar-refractivity contribution in [2.24, 2.45) is 11.1 Å². The maximum absolute atomic E-state index is 13.3. The van der Waals surface area contributed by atoms with Gasteiger partial charge in [-0.1, -0.05) is 41.5 Å². The lowest BCUT2D eigenvalue weighted by molar-refractivity contribution is -0.176. The number of primary amides is 1. The Morgan fingerprint density at radius 1 is 1.03 bits per heavy atom. The predicted molar refractivity (Wildman–Crippen MR) is 135 cm³/mol. The Morgan fingerprint density at radius 2 is 1.50 bits per heavy atom. The van der Waals surface area contributed by atoms with Gasteiger partial charge < -0.3 is 19.5 Å². The van der Waals surface area contributed by atoms with Crippen molar-refractivity contribution in [3.8, 4) is 0 Å². The van der Waals surface area contributed by atoms with Crippen LogP contribution in [0.4, 0.5) is 0 Å². The number of hydrogen-bond donors (Lipinski definition) is 1. The van der Waals surface area contributed by atoms with E-state index in [4.69, 9.17) is 14.6 Å². The number of amides is 2. The van der Waals surface area contributed by atoms with E-state index in [0.29, 0.717) is 6.54 Å². The third-order valence-electron chi connectivity index (χ3n) is 8.70. The molecule has 2 atom stereocenters. The molecular weight excluding hydrogens is 436 g/mol. The fourth-order valence-electron chi connectivity index (χ4n) is 4.48. The minimum absolute atomic E-state index is 0.0200. The Balaban J connectivity index is 2.03. The third kappa shape index (κ3) is 5.34. The van der Waals surface area contributed by atoms with Crippen LogP contribution in [-0.4, -0.2) is 58.1 Å². The van der Waals surface area contributed by atoms with Gasteiger partial charge in [0.05, 0.1) is 11.5 Å². The minimum Gasteiger partial charge on any atom is -0.414 e. The third-order valence-corrected chi connectivity index (χ3v) is 17.8. The zero-order chi connectivity index (χ0) is 24.9. The summed E-state index contributed by atoms with van der Waals surface area (Å²) in [6.45, 7) is 24.6. The highest BCUT2D eigenvalue weighted by Gasteiger charge is 2.57. The molecule has 0 radical (unpaired) electrons. The van der Waals surface area contributed by atoms with Crippen molar-refractivity contribution >= 4 is 28.4 Å². The van der Waals surface area contributed by atoms with Crippen LogP contribution in [0.2, 0.25) is 36.3 Å². The molecule has 2 fully saturated rings. The first kappa shape index (κ1) is 27.5. The normalized spacial score (nSPS) is 27.3. The van der Waals surface area contributed by atoms with Gasteiger partial charge in [-0.3, -0.25) is 9.59 Å². The van der Waals surface area contributed by atoms with Gasteiger partial charge in [-0.25, -0.2) is 0 Å². The molecule has 1 saturated carbocycles. The average Bonchev–Trinajstić information content (AvgIpc) is 2.59. The molecule has 2 N–H and O–H groups in total. The summed E-state index contributed by atoms with van der Waals surface area (Å²) in [5.74, 6) is -0.410. The molecule has 186 valence electrons. The van der Waals surface area contributed by atoms with Crippen molar-refractivity contribution in [2.45, 2.75) is 129 Å². The van der Waals surface area contributed by atoms with E-state index in [9.17, 15) is 9.59 Å². The molecule has 1 spiro atoms. The molecular formula is C24H48N2O4Si2.